The standard InChI is InChI=1S/C27H24BrIN2O3/c1-4-33-25-14-20(13-23(28)26(25)34-16-19-6-8-22(29)9-7-19)12-21(15-30)27(32)31-24-10-5-17(2)11-18(24)3/h5-14H,4,16H2,1-3H3,(H,31,32)/b21-12+. The second kappa shape index (κ2) is 12.0. The van der Waals surface area contributed by atoms with Gasteiger partial charge in [-0.2, -0.15) is 5.26 Å². The molecule has 0 unspecified atom stereocenters. The Morgan fingerprint density at radius 1 is 1.12 bits per heavy atom. The molecule has 3 aromatic rings. The Hall–Kier alpha value is -2.83. The largest absolute Gasteiger partial charge is 0.490 e. The zero-order valence-corrected chi connectivity index (χ0v) is 22.9. The lowest BCUT2D eigenvalue weighted by molar-refractivity contribution is -0.112. The van der Waals surface area contributed by atoms with Crippen LogP contribution in [0.5, 0.6) is 11.5 Å². The first kappa shape index (κ1) is 25.8. The molecule has 1 amide bonds. The van der Waals surface area contributed by atoms with Crippen LogP contribution in [0.25, 0.3) is 6.08 Å². The summed E-state index contributed by atoms with van der Waals surface area (Å²) in [6.07, 6.45) is 1.54. The minimum absolute atomic E-state index is 0.0121. The first-order valence-electron chi connectivity index (χ1n) is 10.6. The van der Waals surface area contributed by atoms with Crippen LogP contribution >= 0.6 is 38.5 Å². The second-order valence-corrected chi connectivity index (χ2v) is 9.72. The molecular weight excluding hydrogens is 607 g/mol. The predicted octanol–water partition coefficient (Wildman–Crippen LogP) is 7.19. The highest BCUT2D eigenvalue weighted by Crippen LogP contribution is 2.38. The summed E-state index contributed by atoms with van der Waals surface area (Å²) in [5, 5.41) is 12.4. The van der Waals surface area contributed by atoms with Gasteiger partial charge in [-0.3, -0.25) is 4.79 Å². The van der Waals surface area contributed by atoms with Gasteiger partial charge in [0.05, 0.1) is 11.1 Å². The van der Waals surface area contributed by atoms with Crippen molar-refractivity contribution in [2.24, 2.45) is 0 Å². The summed E-state index contributed by atoms with van der Waals surface area (Å²) < 4.78 is 13.7. The van der Waals surface area contributed by atoms with Crippen molar-refractivity contribution in [1.29, 1.82) is 5.26 Å². The second-order valence-electron chi connectivity index (χ2n) is 7.62. The van der Waals surface area contributed by atoms with Gasteiger partial charge in [-0.25, -0.2) is 0 Å². The molecule has 0 aliphatic carbocycles. The zero-order valence-electron chi connectivity index (χ0n) is 19.1. The third-order valence-electron chi connectivity index (χ3n) is 4.93. The predicted molar refractivity (Wildman–Crippen MR) is 147 cm³/mol. The smallest absolute Gasteiger partial charge is 0.266 e. The molecule has 0 aromatic heterocycles. The van der Waals surface area contributed by atoms with E-state index in [1.807, 2.05) is 69.3 Å². The molecule has 0 bridgehead atoms. The Balaban J connectivity index is 1.85. The van der Waals surface area contributed by atoms with Crippen molar-refractivity contribution in [1.82, 2.24) is 0 Å². The first-order chi connectivity index (χ1) is 16.3. The number of benzene rings is 3. The van der Waals surface area contributed by atoms with Gasteiger partial charge in [0, 0.05) is 9.26 Å². The van der Waals surface area contributed by atoms with E-state index in [0.717, 1.165) is 20.3 Å². The van der Waals surface area contributed by atoms with Crippen LogP contribution in [-0.2, 0) is 11.4 Å². The number of amides is 1. The van der Waals surface area contributed by atoms with Gasteiger partial charge in [-0.1, -0.05) is 29.8 Å². The highest BCUT2D eigenvalue weighted by atomic mass is 127. The number of aryl methyl sites for hydroxylation is 2. The summed E-state index contributed by atoms with van der Waals surface area (Å²) in [5.41, 5.74) is 4.37. The third-order valence-corrected chi connectivity index (χ3v) is 6.24. The van der Waals surface area contributed by atoms with Crippen molar-refractivity contribution in [3.8, 4) is 17.6 Å². The lowest BCUT2D eigenvalue weighted by Gasteiger charge is -2.15. The molecule has 174 valence electrons. The molecule has 34 heavy (non-hydrogen) atoms. The highest BCUT2D eigenvalue weighted by molar-refractivity contribution is 14.1. The summed E-state index contributed by atoms with van der Waals surface area (Å²) in [7, 11) is 0. The molecule has 0 spiro atoms. The van der Waals surface area contributed by atoms with Crippen LogP contribution < -0.4 is 14.8 Å². The SMILES string of the molecule is CCOc1cc(/C=C(\C#N)C(=O)Nc2ccc(C)cc2C)cc(Br)c1OCc1ccc(I)cc1. The minimum atomic E-state index is -0.470. The maximum Gasteiger partial charge on any atom is 0.266 e. The fraction of sp³-hybridized carbons (Fsp3) is 0.185. The highest BCUT2D eigenvalue weighted by Gasteiger charge is 2.15. The number of halogens is 2. The minimum Gasteiger partial charge on any atom is -0.490 e. The molecule has 0 radical (unpaired) electrons. The number of hydrogen-bond acceptors (Lipinski definition) is 4. The van der Waals surface area contributed by atoms with Crippen LogP contribution in [0.15, 0.2) is 64.6 Å². The maximum absolute atomic E-state index is 12.8. The molecule has 0 aliphatic heterocycles. The van der Waals surface area contributed by atoms with Crippen LogP contribution in [0.3, 0.4) is 0 Å². The molecule has 0 fully saturated rings. The zero-order chi connectivity index (χ0) is 24.7. The number of rotatable bonds is 8. The van der Waals surface area contributed by atoms with Crippen LogP contribution in [0, 0.1) is 28.7 Å². The number of carbonyl (C=O) groups excluding carboxylic acids is 1. The van der Waals surface area contributed by atoms with E-state index < -0.39 is 5.91 Å². The van der Waals surface area contributed by atoms with E-state index in [1.54, 1.807) is 12.1 Å². The number of nitrogens with one attached hydrogen (secondary N) is 1. The van der Waals surface area contributed by atoms with Gasteiger partial charge in [0.15, 0.2) is 11.5 Å². The molecule has 0 aliphatic rings. The summed E-state index contributed by atoms with van der Waals surface area (Å²) in [4.78, 5) is 12.8. The van der Waals surface area contributed by atoms with Crippen LogP contribution in [0.1, 0.15) is 29.2 Å². The van der Waals surface area contributed by atoms with Crippen LogP contribution in [-0.4, -0.2) is 12.5 Å². The van der Waals surface area contributed by atoms with E-state index in [4.69, 9.17) is 9.47 Å². The number of anilines is 1. The fourth-order valence-corrected chi connectivity index (χ4v) is 4.20. The van der Waals surface area contributed by atoms with E-state index in [0.29, 0.717) is 40.4 Å². The Morgan fingerprint density at radius 3 is 2.50 bits per heavy atom. The van der Waals surface area contributed by atoms with Crippen molar-refractivity contribution < 1.29 is 14.3 Å². The molecule has 0 saturated heterocycles. The Labute approximate surface area is 222 Å². The summed E-state index contributed by atoms with van der Waals surface area (Å²) >= 11 is 5.82. The molecule has 0 saturated carbocycles. The van der Waals surface area contributed by atoms with Gasteiger partial charge >= 0.3 is 0 Å². The average Bonchev–Trinajstić information content (AvgIpc) is 2.80. The van der Waals surface area contributed by atoms with E-state index in [1.165, 1.54) is 6.08 Å². The van der Waals surface area contributed by atoms with Gasteiger partial charge in [-0.05, 0) is 112 Å². The first-order valence-corrected chi connectivity index (χ1v) is 12.5. The average molecular weight is 631 g/mol. The molecule has 0 heterocycles. The number of carbonyl (C=O) groups is 1. The summed E-state index contributed by atoms with van der Waals surface area (Å²) in [6, 6.07) is 19.4. The monoisotopic (exact) mass is 630 g/mol. The molecule has 1 N–H and O–H groups in total. The lowest BCUT2D eigenvalue weighted by atomic mass is 10.1. The van der Waals surface area contributed by atoms with Crippen LogP contribution in [0.2, 0.25) is 0 Å². The van der Waals surface area contributed by atoms with Gasteiger partial charge in [-0.15, -0.1) is 0 Å². The fourth-order valence-electron chi connectivity index (χ4n) is 3.27. The number of hydrogen-bond donors (Lipinski definition) is 1. The Kier molecular flexibility index (Phi) is 9.13. The molecule has 3 rings (SSSR count). The van der Waals surface area contributed by atoms with Crippen molar-refractivity contribution in [2.75, 3.05) is 11.9 Å². The van der Waals surface area contributed by atoms with E-state index in [-0.39, 0.29) is 5.57 Å². The third kappa shape index (κ3) is 6.84. The number of nitrogens with zero attached hydrogens (tertiary/aromatic N) is 1. The van der Waals surface area contributed by atoms with Crippen molar-refractivity contribution in [3.63, 3.8) is 0 Å². The van der Waals surface area contributed by atoms with E-state index in [2.05, 4.69) is 43.8 Å². The molecule has 7 heteroatoms. The molecule has 3 aromatic carbocycles. The normalized spacial score (nSPS) is 11.0. The quantitative estimate of drug-likeness (QED) is 0.162. The van der Waals surface area contributed by atoms with Gasteiger partial charge in [0.25, 0.3) is 5.91 Å². The number of nitriles is 1. The molecular formula is C27H24BrIN2O3. The van der Waals surface area contributed by atoms with E-state index >= 15 is 0 Å². The molecule has 0 atom stereocenters. The van der Waals surface area contributed by atoms with Crippen molar-refractivity contribution in [2.45, 2.75) is 27.4 Å². The number of ether oxygens (including phenoxy) is 2. The van der Waals surface area contributed by atoms with E-state index in [9.17, 15) is 10.1 Å². The topological polar surface area (TPSA) is 71.3 Å². The summed E-state index contributed by atoms with van der Waals surface area (Å²) in [6.45, 7) is 6.61. The van der Waals surface area contributed by atoms with Crippen molar-refractivity contribution >= 4 is 56.2 Å². The summed E-state index contributed by atoms with van der Waals surface area (Å²) in [5.74, 6) is 0.624. The van der Waals surface area contributed by atoms with Crippen LogP contribution in [0.4, 0.5) is 5.69 Å². The molecule has 5 nitrogen and oxygen atoms in total. The van der Waals surface area contributed by atoms with Gasteiger partial charge in [0.1, 0.15) is 18.2 Å². The lowest BCUT2D eigenvalue weighted by Crippen LogP contribution is -2.14. The van der Waals surface area contributed by atoms with Gasteiger partial charge in [0.2, 0.25) is 0 Å². The Morgan fingerprint density at radius 2 is 1.85 bits per heavy atom. The van der Waals surface area contributed by atoms with Crippen molar-refractivity contribution in [3.05, 3.63) is 90.5 Å². The van der Waals surface area contributed by atoms with Gasteiger partial charge < -0.3 is 14.8 Å². The maximum atomic E-state index is 12.8. The Bertz CT molecular complexity index is 1260.